The molecule has 2 aromatic rings. The number of anilines is 1. The summed E-state index contributed by atoms with van der Waals surface area (Å²) >= 11 is 0. The summed E-state index contributed by atoms with van der Waals surface area (Å²) in [6.45, 7) is 2.45. The monoisotopic (exact) mass is 354 g/mol. The molecule has 0 saturated heterocycles. The van der Waals surface area contributed by atoms with Gasteiger partial charge in [0, 0.05) is 5.56 Å². The zero-order valence-electron chi connectivity index (χ0n) is 14.4. The van der Waals surface area contributed by atoms with Gasteiger partial charge in [0.05, 0.1) is 6.61 Å². The summed E-state index contributed by atoms with van der Waals surface area (Å²) in [6, 6.07) is 7.60. The number of nitrogens with zero attached hydrogens (tertiary/aromatic N) is 2. The molecule has 1 heterocycles. The lowest BCUT2D eigenvalue weighted by molar-refractivity contribution is 0.290. The number of halogens is 1. The standard InChI is InChI=1S/C19H19FN4O2/c1-2-3-4-5-8-26-16-9-12(6-7-15(16)20)17-13(10-21)18(23)24-19(25)14(17)11-22/h6-7,9H,2-5,8H2,1H3,(H3,23,24,25). The van der Waals surface area contributed by atoms with Gasteiger partial charge in [-0.3, -0.25) is 4.79 Å². The van der Waals surface area contributed by atoms with Crippen molar-refractivity contribution in [2.24, 2.45) is 0 Å². The van der Waals surface area contributed by atoms with Crippen LogP contribution in [0.5, 0.6) is 5.75 Å². The zero-order chi connectivity index (χ0) is 19.1. The van der Waals surface area contributed by atoms with Crippen LogP contribution < -0.4 is 16.0 Å². The summed E-state index contributed by atoms with van der Waals surface area (Å²) < 4.78 is 19.5. The molecular weight excluding hydrogens is 335 g/mol. The number of benzene rings is 1. The molecule has 7 heteroatoms. The fourth-order valence-corrected chi connectivity index (χ4v) is 2.61. The van der Waals surface area contributed by atoms with E-state index in [-0.39, 0.29) is 28.3 Å². The van der Waals surface area contributed by atoms with E-state index < -0.39 is 11.4 Å². The Kier molecular flexibility index (Phi) is 6.35. The summed E-state index contributed by atoms with van der Waals surface area (Å²) in [4.78, 5) is 14.3. The maximum absolute atomic E-state index is 14.0. The minimum absolute atomic E-state index is 0.00521. The number of nitrogens with two attached hydrogens (primary N) is 1. The molecule has 0 unspecified atom stereocenters. The highest BCUT2D eigenvalue weighted by atomic mass is 19.1. The molecule has 0 bridgehead atoms. The first-order chi connectivity index (χ1) is 12.5. The van der Waals surface area contributed by atoms with Crippen LogP contribution in [0.3, 0.4) is 0 Å². The minimum Gasteiger partial charge on any atom is -0.490 e. The molecule has 0 aliphatic heterocycles. The molecule has 0 spiro atoms. The second kappa shape index (κ2) is 8.68. The summed E-state index contributed by atoms with van der Waals surface area (Å²) in [7, 11) is 0. The number of aromatic amines is 1. The minimum atomic E-state index is -0.703. The highest BCUT2D eigenvalue weighted by molar-refractivity contribution is 5.80. The van der Waals surface area contributed by atoms with Crippen molar-refractivity contribution in [3.63, 3.8) is 0 Å². The van der Waals surface area contributed by atoms with Crippen LogP contribution >= 0.6 is 0 Å². The van der Waals surface area contributed by atoms with E-state index in [0.29, 0.717) is 12.2 Å². The third kappa shape index (κ3) is 4.01. The van der Waals surface area contributed by atoms with E-state index >= 15 is 0 Å². The molecule has 0 aliphatic carbocycles. The number of ether oxygens (including phenoxy) is 1. The average molecular weight is 354 g/mol. The van der Waals surface area contributed by atoms with Gasteiger partial charge < -0.3 is 15.5 Å². The Hall–Kier alpha value is -3.32. The van der Waals surface area contributed by atoms with Crippen molar-refractivity contribution in [2.45, 2.75) is 32.6 Å². The number of unbranched alkanes of at least 4 members (excludes halogenated alkanes) is 3. The smallest absolute Gasteiger partial charge is 0.268 e. The first kappa shape index (κ1) is 19.0. The molecule has 1 aromatic carbocycles. The van der Waals surface area contributed by atoms with Gasteiger partial charge in [0.1, 0.15) is 29.1 Å². The SMILES string of the molecule is CCCCCCOc1cc(-c2c(C#N)c(N)[nH]c(=O)c2C#N)ccc1F. The van der Waals surface area contributed by atoms with E-state index in [2.05, 4.69) is 11.9 Å². The van der Waals surface area contributed by atoms with Crippen LogP contribution in [0, 0.1) is 28.5 Å². The lowest BCUT2D eigenvalue weighted by Gasteiger charge is -2.12. The predicted octanol–water partition coefficient (Wildman–Crippen LogP) is 3.47. The molecule has 0 aliphatic rings. The molecule has 0 radical (unpaired) electrons. The third-order valence-corrected chi connectivity index (χ3v) is 3.94. The fourth-order valence-electron chi connectivity index (χ4n) is 2.61. The first-order valence-electron chi connectivity index (χ1n) is 8.32. The molecule has 134 valence electrons. The predicted molar refractivity (Wildman–Crippen MR) is 95.9 cm³/mol. The molecule has 26 heavy (non-hydrogen) atoms. The molecular formula is C19H19FN4O2. The van der Waals surface area contributed by atoms with E-state index in [1.54, 1.807) is 6.07 Å². The molecule has 6 nitrogen and oxygen atoms in total. The number of rotatable bonds is 7. The highest BCUT2D eigenvalue weighted by Gasteiger charge is 2.19. The Morgan fingerprint density at radius 2 is 1.92 bits per heavy atom. The fraction of sp³-hybridized carbons (Fsp3) is 0.316. The molecule has 0 atom stereocenters. The van der Waals surface area contributed by atoms with Gasteiger partial charge in [0.15, 0.2) is 11.6 Å². The van der Waals surface area contributed by atoms with Gasteiger partial charge in [-0.25, -0.2) is 4.39 Å². The number of hydrogen-bond acceptors (Lipinski definition) is 5. The Morgan fingerprint density at radius 1 is 1.19 bits per heavy atom. The maximum Gasteiger partial charge on any atom is 0.268 e. The van der Waals surface area contributed by atoms with Gasteiger partial charge in [-0.15, -0.1) is 0 Å². The van der Waals surface area contributed by atoms with Crippen molar-refractivity contribution in [1.82, 2.24) is 4.98 Å². The molecule has 3 N–H and O–H groups in total. The number of hydrogen-bond donors (Lipinski definition) is 2. The summed E-state index contributed by atoms with van der Waals surface area (Å²) in [5.74, 6) is -0.692. The normalized spacial score (nSPS) is 10.2. The Bertz CT molecular complexity index is 938. The van der Waals surface area contributed by atoms with Crippen LogP contribution in [0.25, 0.3) is 11.1 Å². The lowest BCUT2D eigenvalue weighted by Crippen LogP contribution is -2.16. The van der Waals surface area contributed by atoms with Crippen LogP contribution in [0.2, 0.25) is 0 Å². The topological polar surface area (TPSA) is 116 Å². The van der Waals surface area contributed by atoms with Gasteiger partial charge >= 0.3 is 0 Å². The maximum atomic E-state index is 14.0. The lowest BCUT2D eigenvalue weighted by atomic mass is 9.96. The Balaban J connectivity index is 2.45. The van der Waals surface area contributed by atoms with E-state index in [0.717, 1.165) is 25.7 Å². The largest absolute Gasteiger partial charge is 0.490 e. The number of nitrogen functional groups attached to an aromatic ring is 1. The Morgan fingerprint density at radius 3 is 2.58 bits per heavy atom. The van der Waals surface area contributed by atoms with Crippen LogP contribution in [0.4, 0.5) is 10.2 Å². The number of nitrogens with one attached hydrogen (secondary N) is 1. The van der Waals surface area contributed by atoms with Crippen molar-refractivity contribution < 1.29 is 9.13 Å². The van der Waals surface area contributed by atoms with Gasteiger partial charge in [-0.2, -0.15) is 10.5 Å². The van der Waals surface area contributed by atoms with Crippen molar-refractivity contribution in [2.75, 3.05) is 12.3 Å². The summed E-state index contributed by atoms with van der Waals surface area (Å²) in [5.41, 5.74) is 5.09. The second-order valence-electron chi connectivity index (χ2n) is 5.77. The first-order valence-corrected chi connectivity index (χ1v) is 8.32. The quantitative estimate of drug-likeness (QED) is 0.739. The Labute approximate surface area is 150 Å². The molecule has 1 aromatic heterocycles. The van der Waals surface area contributed by atoms with Crippen LogP contribution in [-0.4, -0.2) is 11.6 Å². The molecule has 0 saturated carbocycles. The number of pyridine rings is 1. The van der Waals surface area contributed by atoms with Crippen molar-refractivity contribution >= 4 is 5.82 Å². The van der Waals surface area contributed by atoms with Crippen molar-refractivity contribution in [1.29, 1.82) is 10.5 Å². The third-order valence-electron chi connectivity index (χ3n) is 3.94. The van der Waals surface area contributed by atoms with Gasteiger partial charge in [-0.05, 0) is 24.1 Å². The van der Waals surface area contributed by atoms with E-state index in [1.165, 1.54) is 18.2 Å². The van der Waals surface area contributed by atoms with E-state index in [4.69, 9.17) is 10.5 Å². The number of H-pyrrole nitrogens is 1. The number of nitriles is 2. The van der Waals surface area contributed by atoms with Gasteiger partial charge in [0.2, 0.25) is 0 Å². The van der Waals surface area contributed by atoms with Crippen molar-refractivity contribution in [3.8, 4) is 29.0 Å². The molecule has 0 amide bonds. The molecule has 0 fully saturated rings. The van der Waals surface area contributed by atoms with Crippen LogP contribution in [-0.2, 0) is 0 Å². The highest BCUT2D eigenvalue weighted by Crippen LogP contribution is 2.31. The van der Waals surface area contributed by atoms with E-state index in [9.17, 15) is 19.7 Å². The van der Waals surface area contributed by atoms with E-state index in [1.807, 2.05) is 6.07 Å². The van der Waals surface area contributed by atoms with Crippen LogP contribution in [0.15, 0.2) is 23.0 Å². The zero-order valence-corrected chi connectivity index (χ0v) is 14.4. The van der Waals surface area contributed by atoms with Crippen LogP contribution in [0.1, 0.15) is 43.7 Å². The second-order valence-corrected chi connectivity index (χ2v) is 5.77. The van der Waals surface area contributed by atoms with Crippen molar-refractivity contribution in [3.05, 3.63) is 45.5 Å². The number of aromatic nitrogens is 1. The van der Waals surface area contributed by atoms with Gasteiger partial charge in [0.25, 0.3) is 5.56 Å². The average Bonchev–Trinajstić information content (AvgIpc) is 2.62. The summed E-state index contributed by atoms with van der Waals surface area (Å²) in [5, 5.41) is 18.6. The van der Waals surface area contributed by atoms with Gasteiger partial charge in [-0.1, -0.05) is 32.3 Å². The molecule has 2 rings (SSSR count). The summed E-state index contributed by atoms with van der Waals surface area (Å²) in [6.07, 6.45) is 3.94.